The van der Waals surface area contributed by atoms with E-state index in [1.807, 2.05) is 29.0 Å². The fourth-order valence-electron chi connectivity index (χ4n) is 4.27. The first-order valence-corrected chi connectivity index (χ1v) is 10.3. The first-order chi connectivity index (χ1) is 14.2. The minimum atomic E-state index is 0.387. The number of fused-ring (bicyclic) bond motifs is 1. The topological polar surface area (TPSA) is 46.3 Å². The maximum absolute atomic E-state index is 4.84. The molecule has 1 aliphatic rings. The maximum Gasteiger partial charge on any atom is 0.156 e. The number of rotatable bonds is 4. The summed E-state index contributed by atoms with van der Waals surface area (Å²) in [7, 11) is 0. The molecule has 1 aromatic carbocycles. The van der Waals surface area contributed by atoms with E-state index in [4.69, 9.17) is 10.1 Å². The number of nitrogens with zero attached hydrogens (tertiary/aromatic N) is 5. The molecule has 0 saturated carbocycles. The predicted octanol–water partition coefficient (Wildman–Crippen LogP) is 4.48. The third kappa shape index (κ3) is 3.91. The van der Waals surface area contributed by atoms with Crippen molar-refractivity contribution in [3.8, 4) is 11.1 Å². The third-order valence-electron chi connectivity index (χ3n) is 5.72. The van der Waals surface area contributed by atoms with Crippen molar-refractivity contribution in [1.82, 2.24) is 24.5 Å². The van der Waals surface area contributed by atoms with Gasteiger partial charge in [0.2, 0.25) is 0 Å². The Labute approximate surface area is 171 Å². The Hall–Kier alpha value is -3.05. The largest absolute Gasteiger partial charge is 0.298 e. The third-order valence-corrected chi connectivity index (χ3v) is 5.72. The van der Waals surface area contributed by atoms with Crippen molar-refractivity contribution in [2.75, 3.05) is 13.1 Å². The van der Waals surface area contributed by atoms with Gasteiger partial charge in [-0.2, -0.15) is 5.10 Å². The molecule has 1 atom stereocenters. The van der Waals surface area contributed by atoms with Crippen LogP contribution in [0.15, 0.2) is 67.1 Å². The Morgan fingerprint density at radius 2 is 1.93 bits per heavy atom. The fourth-order valence-corrected chi connectivity index (χ4v) is 4.27. The van der Waals surface area contributed by atoms with Crippen LogP contribution in [0.4, 0.5) is 0 Å². The summed E-state index contributed by atoms with van der Waals surface area (Å²) >= 11 is 0. The summed E-state index contributed by atoms with van der Waals surface area (Å²) in [4.78, 5) is 11.5. The lowest BCUT2D eigenvalue weighted by Crippen LogP contribution is -2.34. The molecule has 0 amide bonds. The molecule has 4 aromatic rings. The van der Waals surface area contributed by atoms with Gasteiger partial charge in [-0.1, -0.05) is 29.8 Å². The fraction of sp³-hybridized carbons (Fsp3) is 0.292. The van der Waals surface area contributed by atoms with E-state index < -0.39 is 0 Å². The molecule has 1 fully saturated rings. The van der Waals surface area contributed by atoms with Crippen molar-refractivity contribution < 1.29 is 0 Å². The summed E-state index contributed by atoms with van der Waals surface area (Å²) in [5.74, 6) is 1.35. The van der Waals surface area contributed by atoms with Gasteiger partial charge in [-0.25, -0.2) is 9.50 Å². The van der Waals surface area contributed by atoms with Crippen LogP contribution < -0.4 is 0 Å². The maximum atomic E-state index is 4.84. The van der Waals surface area contributed by atoms with Crippen LogP contribution in [0.3, 0.4) is 0 Å². The first kappa shape index (κ1) is 18.0. The van der Waals surface area contributed by atoms with Crippen LogP contribution in [0.25, 0.3) is 16.8 Å². The Morgan fingerprint density at radius 1 is 1.03 bits per heavy atom. The van der Waals surface area contributed by atoms with Gasteiger partial charge in [0.1, 0.15) is 0 Å². The molecule has 0 bridgehead atoms. The van der Waals surface area contributed by atoms with E-state index >= 15 is 0 Å². The van der Waals surface area contributed by atoms with E-state index in [0.29, 0.717) is 5.92 Å². The number of benzene rings is 1. The van der Waals surface area contributed by atoms with Gasteiger partial charge in [0.15, 0.2) is 11.5 Å². The second-order valence-corrected chi connectivity index (χ2v) is 7.99. The molecule has 4 heterocycles. The van der Waals surface area contributed by atoms with E-state index in [9.17, 15) is 0 Å². The van der Waals surface area contributed by atoms with Crippen LogP contribution in [0, 0.1) is 6.92 Å². The number of pyridine rings is 2. The normalized spacial score (nSPS) is 17.6. The van der Waals surface area contributed by atoms with Crippen molar-refractivity contribution >= 4 is 5.65 Å². The molecule has 0 radical (unpaired) electrons. The van der Waals surface area contributed by atoms with Gasteiger partial charge in [0.05, 0.1) is 0 Å². The van der Waals surface area contributed by atoms with Crippen molar-refractivity contribution in [3.63, 3.8) is 0 Å². The lowest BCUT2D eigenvalue weighted by Gasteiger charge is -2.31. The molecule has 29 heavy (non-hydrogen) atoms. The summed E-state index contributed by atoms with van der Waals surface area (Å²) in [6.45, 7) is 5.31. The van der Waals surface area contributed by atoms with E-state index in [1.54, 1.807) is 0 Å². The van der Waals surface area contributed by atoms with Gasteiger partial charge in [-0.3, -0.25) is 9.88 Å². The highest BCUT2D eigenvalue weighted by Gasteiger charge is 2.24. The average molecular weight is 383 g/mol. The van der Waals surface area contributed by atoms with Gasteiger partial charge in [-0.15, -0.1) is 0 Å². The summed E-state index contributed by atoms with van der Waals surface area (Å²) in [6, 6.07) is 17.0. The van der Waals surface area contributed by atoms with Gasteiger partial charge in [0.25, 0.3) is 0 Å². The lowest BCUT2D eigenvalue weighted by atomic mass is 9.97. The standard InChI is InChI=1S/C24H25N5/c1-18-4-2-5-19(14-18)15-28-13-3-6-22(16-28)24-26-23-8-7-21(17-29(23)27-24)20-9-11-25-12-10-20/h2,4-5,7-12,14,17,22H,3,6,13,15-16H2,1H3/t22-/m0/s1. The van der Waals surface area contributed by atoms with Crippen LogP contribution >= 0.6 is 0 Å². The summed E-state index contributed by atoms with van der Waals surface area (Å²) in [5.41, 5.74) is 5.88. The number of hydrogen-bond donors (Lipinski definition) is 0. The highest BCUT2D eigenvalue weighted by atomic mass is 15.3. The molecule has 3 aromatic heterocycles. The predicted molar refractivity (Wildman–Crippen MR) is 115 cm³/mol. The average Bonchev–Trinajstić information content (AvgIpc) is 3.18. The summed E-state index contributed by atoms with van der Waals surface area (Å²) in [5, 5.41) is 4.84. The number of likely N-dealkylation sites (tertiary alicyclic amines) is 1. The second-order valence-electron chi connectivity index (χ2n) is 7.99. The molecular weight excluding hydrogens is 358 g/mol. The Kier molecular flexibility index (Phi) is 4.82. The molecule has 1 saturated heterocycles. The van der Waals surface area contributed by atoms with E-state index in [0.717, 1.165) is 48.7 Å². The SMILES string of the molecule is Cc1cccc(CN2CCC[C@H](c3nc4ccc(-c5ccncc5)cn4n3)C2)c1. The van der Waals surface area contributed by atoms with Crippen LogP contribution in [0.2, 0.25) is 0 Å². The van der Waals surface area contributed by atoms with Crippen LogP contribution in [-0.2, 0) is 6.54 Å². The second kappa shape index (κ2) is 7.76. The van der Waals surface area contributed by atoms with E-state index in [1.165, 1.54) is 17.5 Å². The quantitative estimate of drug-likeness (QED) is 0.521. The molecule has 5 nitrogen and oxygen atoms in total. The molecule has 0 spiro atoms. The highest BCUT2D eigenvalue weighted by Crippen LogP contribution is 2.27. The minimum absolute atomic E-state index is 0.387. The smallest absolute Gasteiger partial charge is 0.156 e. The van der Waals surface area contributed by atoms with Gasteiger partial charge < -0.3 is 0 Å². The lowest BCUT2D eigenvalue weighted by molar-refractivity contribution is 0.196. The van der Waals surface area contributed by atoms with Crippen molar-refractivity contribution in [1.29, 1.82) is 0 Å². The molecule has 0 aliphatic carbocycles. The molecule has 1 aliphatic heterocycles. The zero-order valence-corrected chi connectivity index (χ0v) is 16.7. The minimum Gasteiger partial charge on any atom is -0.298 e. The van der Waals surface area contributed by atoms with Crippen LogP contribution in [-0.4, -0.2) is 37.6 Å². The Bertz CT molecular complexity index is 1120. The molecular formula is C24H25N5. The molecule has 146 valence electrons. The van der Waals surface area contributed by atoms with Crippen molar-refractivity contribution in [3.05, 3.63) is 84.1 Å². The molecule has 0 unspecified atom stereocenters. The van der Waals surface area contributed by atoms with Gasteiger partial charge in [-0.05, 0) is 61.7 Å². The van der Waals surface area contributed by atoms with Crippen molar-refractivity contribution in [2.24, 2.45) is 0 Å². The summed E-state index contributed by atoms with van der Waals surface area (Å²) in [6.07, 6.45) is 8.04. The van der Waals surface area contributed by atoms with Gasteiger partial charge >= 0.3 is 0 Å². The van der Waals surface area contributed by atoms with Crippen molar-refractivity contribution in [2.45, 2.75) is 32.2 Å². The van der Waals surface area contributed by atoms with E-state index in [2.05, 4.69) is 59.4 Å². The van der Waals surface area contributed by atoms with E-state index in [-0.39, 0.29) is 0 Å². The Morgan fingerprint density at radius 3 is 2.79 bits per heavy atom. The summed E-state index contributed by atoms with van der Waals surface area (Å²) < 4.78 is 1.92. The number of aryl methyl sites for hydroxylation is 1. The zero-order valence-electron chi connectivity index (χ0n) is 16.7. The molecule has 0 N–H and O–H groups in total. The molecule has 5 rings (SSSR count). The van der Waals surface area contributed by atoms with Crippen LogP contribution in [0.5, 0.6) is 0 Å². The van der Waals surface area contributed by atoms with Gasteiger partial charge in [0, 0.05) is 43.2 Å². The number of aromatic nitrogens is 4. The first-order valence-electron chi connectivity index (χ1n) is 10.3. The van der Waals surface area contributed by atoms with Crippen LogP contribution in [0.1, 0.15) is 35.7 Å². The molecule has 5 heteroatoms. The number of hydrogen-bond acceptors (Lipinski definition) is 4. The zero-order chi connectivity index (χ0) is 19.6. The monoisotopic (exact) mass is 383 g/mol. The number of piperidine rings is 1. The Balaban J connectivity index is 1.35. The highest BCUT2D eigenvalue weighted by molar-refractivity contribution is 5.63.